The summed E-state index contributed by atoms with van der Waals surface area (Å²) in [4.78, 5) is 0. The van der Waals surface area contributed by atoms with Crippen LogP contribution in [0.3, 0.4) is 0 Å². The van der Waals surface area contributed by atoms with Gasteiger partial charge in [-0.1, -0.05) is 0 Å². The van der Waals surface area contributed by atoms with Crippen LogP contribution in [-0.2, 0) is 4.74 Å². The molecule has 0 heterocycles. The minimum absolute atomic E-state index is 0.491. The number of hydrogen-bond donors (Lipinski definition) is 0. The zero-order chi connectivity index (χ0) is 7.61. The molecule has 0 saturated heterocycles. The number of hydrogen-bond acceptors (Lipinski definition) is 2. The molecule has 0 amide bonds. The van der Waals surface area contributed by atoms with Gasteiger partial charge in [-0.05, 0) is 26.7 Å². The lowest BCUT2D eigenvalue weighted by molar-refractivity contribution is 0.00308. The first-order chi connectivity index (χ1) is 4.73. The van der Waals surface area contributed by atoms with E-state index in [-0.39, 0.29) is 0 Å². The van der Waals surface area contributed by atoms with Crippen LogP contribution in [0.4, 0.5) is 0 Å². The van der Waals surface area contributed by atoms with Crippen LogP contribution >= 0.6 is 0 Å². The maximum Gasteiger partial charge on any atom is 0.154 e. The second kappa shape index (κ2) is 2.59. The summed E-state index contributed by atoms with van der Waals surface area (Å²) in [7, 11) is 0. The molecule has 1 atom stereocenters. The highest BCUT2D eigenvalue weighted by Crippen LogP contribution is 2.41. The number of ether oxygens (including phenoxy) is 1. The van der Waals surface area contributed by atoms with E-state index in [4.69, 9.17) is 10.00 Å². The third-order valence-corrected chi connectivity index (χ3v) is 2.02. The number of nitrogens with zero attached hydrogens (tertiary/aromatic N) is 1. The van der Waals surface area contributed by atoms with Crippen LogP contribution in [0.25, 0.3) is 0 Å². The predicted molar refractivity (Wildman–Crippen MR) is 38.4 cm³/mol. The molecule has 2 nitrogen and oxygen atoms in total. The van der Waals surface area contributed by atoms with Crippen molar-refractivity contribution in [2.45, 2.75) is 32.3 Å². The third kappa shape index (κ3) is 1.30. The minimum Gasteiger partial charge on any atom is -0.360 e. The van der Waals surface area contributed by atoms with Crippen molar-refractivity contribution in [3.05, 3.63) is 0 Å². The standard InChI is InChI=1S/C8H13NO/c1-3-10-8(2,6-9)7-4-5-7/h7H,3-5H2,1-2H3. The summed E-state index contributed by atoms with van der Waals surface area (Å²) in [5.41, 5.74) is -0.491. The first-order valence-corrected chi connectivity index (χ1v) is 3.78. The van der Waals surface area contributed by atoms with Crippen molar-refractivity contribution >= 4 is 0 Å². The van der Waals surface area contributed by atoms with Gasteiger partial charge in [0.25, 0.3) is 0 Å². The Bertz CT molecular complexity index is 157. The Hall–Kier alpha value is -0.550. The van der Waals surface area contributed by atoms with E-state index in [1.165, 1.54) is 0 Å². The lowest BCUT2D eigenvalue weighted by Gasteiger charge is -2.20. The summed E-state index contributed by atoms with van der Waals surface area (Å²) in [5, 5.41) is 8.75. The molecule has 0 N–H and O–H groups in total. The molecule has 10 heavy (non-hydrogen) atoms. The fraction of sp³-hybridized carbons (Fsp3) is 0.875. The normalized spacial score (nSPS) is 23.3. The molecule has 1 aliphatic rings. The summed E-state index contributed by atoms with van der Waals surface area (Å²) < 4.78 is 5.34. The maximum atomic E-state index is 8.75. The molecule has 0 aromatic heterocycles. The fourth-order valence-electron chi connectivity index (χ4n) is 1.18. The summed E-state index contributed by atoms with van der Waals surface area (Å²) >= 11 is 0. The molecular formula is C8H13NO. The molecule has 0 bridgehead atoms. The maximum absolute atomic E-state index is 8.75. The van der Waals surface area contributed by atoms with Crippen molar-refractivity contribution in [3.8, 4) is 6.07 Å². The molecule has 0 aromatic carbocycles. The Morgan fingerprint density at radius 1 is 1.70 bits per heavy atom. The molecule has 1 fully saturated rings. The minimum atomic E-state index is -0.491. The van der Waals surface area contributed by atoms with E-state index in [2.05, 4.69) is 6.07 Å². The Morgan fingerprint density at radius 2 is 2.30 bits per heavy atom. The molecular weight excluding hydrogens is 126 g/mol. The smallest absolute Gasteiger partial charge is 0.154 e. The van der Waals surface area contributed by atoms with Crippen molar-refractivity contribution in [2.75, 3.05) is 6.61 Å². The summed E-state index contributed by atoms with van der Waals surface area (Å²) in [6.07, 6.45) is 2.31. The van der Waals surface area contributed by atoms with E-state index in [9.17, 15) is 0 Å². The van der Waals surface area contributed by atoms with Crippen LogP contribution in [0.2, 0.25) is 0 Å². The second-order valence-corrected chi connectivity index (χ2v) is 2.93. The van der Waals surface area contributed by atoms with Gasteiger partial charge in [0.15, 0.2) is 5.60 Å². The van der Waals surface area contributed by atoms with Crippen LogP contribution in [0.1, 0.15) is 26.7 Å². The lowest BCUT2D eigenvalue weighted by Crippen LogP contribution is -2.29. The molecule has 0 radical (unpaired) electrons. The molecule has 56 valence electrons. The van der Waals surface area contributed by atoms with Gasteiger partial charge in [-0.25, -0.2) is 0 Å². The van der Waals surface area contributed by atoms with Crippen molar-refractivity contribution in [1.29, 1.82) is 5.26 Å². The Balaban J connectivity index is 2.50. The molecule has 0 aromatic rings. The largest absolute Gasteiger partial charge is 0.360 e. The van der Waals surface area contributed by atoms with Crippen LogP contribution in [-0.4, -0.2) is 12.2 Å². The van der Waals surface area contributed by atoms with E-state index >= 15 is 0 Å². The first-order valence-electron chi connectivity index (χ1n) is 3.78. The van der Waals surface area contributed by atoms with Gasteiger partial charge in [0.2, 0.25) is 0 Å². The monoisotopic (exact) mass is 139 g/mol. The van der Waals surface area contributed by atoms with E-state index in [1.54, 1.807) is 0 Å². The van der Waals surface area contributed by atoms with Gasteiger partial charge >= 0.3 is 0 Å². The highest BCUT2D eigenvalue weighted by Gasteiger charge is 2.42. The van der Waals surface area contributed by atoms with Gasteiger partial charge < -0.3 is 4.74 Å². The molecule has 0 aliphatic heterocycles. The Kier molecular flexibility index (Phi) is 1.96. The summed E-state index contributed by atoms with van der Waals surface area (Å²) in [6.45, 7) is 4.45. The molecule has 1 saturated carbocycles. The van der Waals surface area contributed by atoms with Crippen molar-refractivity contribution in [2.24, 2.45) is 5.92 Å². The molecule has 1 unspecified atom stereocenters. The fourth-order valence-corrected chi connectivity index (χ4v) is 1.18. The second-order valence-electron chi connectivity index (χ2n) is 2.93. The number of rotatable bonds is 3. The van der Waals surface area contributed by atoms with Crippen LogP contribution < -0.4 is 0 Å². The van der Waals surface area contributed by atoms with Gasteiger partial charge in [0.05, 0.1) is 6.07 Å². The summed E-state index contributed by atoms with van der Waals surface area (Å²) in [5.74, 6) is 0.498. The van der Waals surface area contributed by atoms with E-state index in [1.807, 2.05) is 13.8 Å². The topological polar surface area (TPSA) is 33.0 Å². The van der Waals surface area contributed by atoms with Crippen molar-refractivity contribution in [3.63, 3.8) is 0 Å². The van der Waals surface area contributed by atoms with Gasteiger partial charge in [0, 0.05) is 12.5 Å². The molecule has 2 heteroatoms. The predicted octanol–water partition coefficient (Wildman–Crippen LogP) is 1.72. The van der Waals surface area contributed by atoms with Gasteiger partial charge in [-0.15, -0.1) is 0 Å². The number of nitriles is 1. The third-order valence-electron chi connectivity index (χ3n) is 2.02. The first kappa shape index (κ1) is 7.56. The van der Waals surface area contributed by atoms with E-state index in [0.29, 0.717) is 12.5 Å². The average molecular weight is 139 g/mol. The molecule has 1 aliphatic carbocycles. The van der Waals surface area contributed by atoms with Crippen molar-refractivity contribution < 1.29 is 4.74 Å². The Labute approximate surface area is 61.8 Å². The zero-order valence-corrected chi connectivity index (χ0v) is 6.55. The average Bonchev–Trinajstić information content (AvgIpc) is 2.69. The highest BCUT2D eigenvalue weighted by molar-refractivity contribution is 5.07. The zero-order valence-electron chi connectivity index (χ0n) is 6.55. The van der Waals surface area contributed by atoms with E-state index < -0.39 is 5.60 Å². The van der Waals surface area contributed by atoms with Crippen LogP contribution in [0, 0.1) is 17.2 Å². The lowest BCUT2D eigenvalue weighted by atomic mass is 10.0. The van der Waals surface area contributed by atoms with Crippen LogP contribution in [0.5, 0.6) is 0 Å². The van der Waals surface area contributed by atoms with E-state index in [0.717, 1.165) is 12.8 Å². The summed E-state index contributed by atoms with van der Waals surface area (Å²) in [6, 6.07) is 2.22. The van der Waals surface area contributed by atoms with Crippen LogP contribution in [0.15, 0.2) is 0 Å². The highest BCUT2D eigenvalue weighted by atomic mass is 16.5. The van der Waals surface area contributed by atoms with Gasteiger partial charge in [-0.3, -0.25) is 0 Å². The Morgan fingerprint density at radius 3 is 2.60 bits per heavy atom. The molecule has 0 spiro atoms. The van der Waals surface area contributed by atoms with Crippen molar-refractivity contribution in [1.82, 2.24) is 0 Å². The molecule has 1 rings (SSSR count). The van der Waals surface area contributed by atoms with Gasteiger partial charge in [-0.2, -0.15) is 5.26 Å². The van der Waals surface area contributed by atoms with Gasteiger partial charge in [0.1, 0.15) is 0 Å². The SMILES string of the molecule is CCOC(C)(C#N)C1CC1. The quantitative estimate of drug-likeness (QED) is 0.596.